The van der Waals surface area contributed by atoms with Crippen molar-refractivity contribution in [2.75, 3.05) is 19.7 Å². The third-order valence-electron chi connectivity index (χ3n) is 4.87. The molecule has 3 rings (SSSR count). The van der Waals surface area contributed by atoms with Crippen molar-refractivity contribution in [1.29, 1.82) is 5.26 Å². The van der Waals surface area contributed by atoms with Crippen molar-refractivity contribution in [3.8, 4) is 11.8 Å². The number of hydrogen-bond donors (Lipinski definition) is 0. The lowest BCUT2D eigenvalue weighted by atomic mass is 9.83. The smallest absolute Gasteiger partial charge is 0.138 e. The van der Waals surface area contributed by atoms with Gasteiger partial charge in [0.2, 0.25) is 0 Å². The van der Waals surface area contributed by atoms with E-state index in [1.807, 2.05) is 0 Å². The summed E-state index contributed by atoms with van der Waals surface area (Å²) in [6.45, 7) is 7.15. The molecule has 2 heterocycles. The topological polar surface area (TPSA) is 36.3 Å². The van der Waals surface area contributed by atoms with E-state index in [0.717, 1.165) is 37.2 Å². The van der Waals surface area contributed by atoms with E-state index >= 15 is 0 Å². The number of rotatable bonds is 2. The molecule has 1 saturated heterocycles. The predicted octanol–water partition coefficient (Wildman–Crippen LogP) is 3.80. The molecule has 1 aromatic rings. The Morgan fingerprint density at radius 2 is 2.00 bits per heavy atom. The highest BCUT2D eigenvalue weighted by Crippen LogP contribution is 2.45. The average Bonchev–Trinajstić information content (AvgIpc) is 2.96. The molecule has 112 valence electrons. The lowest BCUT2D eigenvalue weighted by Gasteiger charge is -2.36. The van der Waals surface area contributed by atoms with E-state index in [0.29, 0.717) is 12.5 Å². The standard InChI is InChI=1S/C18H24N2O/c1-14(2)15-7-5-8-16-17(15)21-12-6-9-18(16,13-19)20-10-3-4-11-20/h5,7-8,14H,3-4,6,9-12H2,1-2H3. The SMILES string of the molecule is CC(C)c1cccc2c1OCCCC2(C#N)N1CCCC1. The van der Waals surface area contributed by atoms with Crippen LogP contribution in [0.1, 0.15) is 56.6 Å². The van der Waals surface area contributed by atoms with Gasteiger partial charge in [-0.3, -0.25) is 4.90 Å². The fraction of sp³-hybridized carbons (Fsp3) is 0.611. The van der Waals surface area contributed by atoms with E-state index in [1.54, 1.807) is 0 Å². The first-order valence-corrected chi connectivity index (χ1v) is 8.11. The molecule has 0 spiro atoms. The van der Waals surface area contributed by atoms with Gasteiger partial charge in [-0.15, -0.1) is 0 Å². The minimum atomic E-state index is -0.493. The predicted molar refractivity (Wildman–Crippen MR) is 83.4 cm³/mol. The van der Waals surface area contributed by atoms with E-state index in [4.69, 9.17) is 4.74 Å². The number of benzene rings is 1. The van der Waals surface area contributed by atoms with Crippen molar-refractivity contribution in [3.63, 3.8) is 0 Å². The van der Waals surface area contributed by atoms with E-state index in [-0.39, 0.29) is 0 Å². The van der Waals surface area contributed by atoms with E-state index in [2.05, 4.69) is 43.0 Å². The van der Waals surface area contributed by atoms with Gasteiger partial charge in [0, 0.05) is 18.7 Å². The van der Waals surface area contributed by atoms with Gasteiger partial charge in [0.1, 0.15) is 11.3 Å². The lowest BCUT2D eigenvalue weighted by Crippen LogP contribution is -2.43. The van der Waals surface area contributed by atoms with Crippen molar-refractivity contribution in [1.82, 2.24) is 4.90 Å². The van der Waals surface area contributed by atoms with Crippen molar-refractivity contribution >= 4 is 0 Å². The quantitative estimate of drug-likeness (QED) is 0.829. The Hall–Kier alpha value is -1.53. The molecule has 0 saturated carbocycles. The molecule has 1 fully saturated rings. The fourth-order valence-corrected chi connectivity index (χ4v) is 3.75. The summed E-state index contributed by atoms with van der Waals surface area (Å²) in [4.78, 5) is 2.38. The summed E-state index contributed by atoms with van der Waals surface area (Å²) in [5, 5.41) is 10.1. The van der Waals surface area contributed by atoms with Crippen molar-refractivity contribution in [2.24, 2.45) is 0 Å². The van der Waals surface area contributed by atoms with Gasteiger partial charge in [0.15, 0.2) is 0 Å². The van der Waals surface area contributed by atoms with Gasteiger partial charge in [-0.25, -0.2) is 0 Å². The van der Waals surface area contributed by atoms with Crippen LogP contribution in [-0.4, -0.2) is 24.6 Å². The summed E-state index contributed by atoms with van der Waals surface area (Å²) in [6.07, 6.45) is 4.21. The molecule has 1 aromatic carbocycles. The summed E-state index contributed by atoms with van der Waals surface area (Å²) in [7, 11) is 0. The molecule has 0 N–H and O–H groups in total. The molecule has 0 aliphatic carbocycles. The zero-order valence-corrected chi connectivity index (χ0v) is 13.1. The second-order valence-corrected chi connectivity index (χ2v) is 6.50. The van der Waals surface area contributed by atoms with Crippen LogP contribution in [-0.2, 0) is 5.54 Å². The fourth-order valence-electron chi connectivity index (χ4n) is 3.75. The van der Waals surface area contributed by atoms with Crippen LogP contribution in [0.15, 0.2) is 18.2 Å². The summed E-state index contributed by atoms with van der Waals surface area (Å²) in [5.41, 5.74) is 1.83. The van der Waals surface area contributed by atoms with Crippen LogP contribution in [0.5, 0.6) is 5.75 Å². The van der Waals surface area contributed by atoms with Gasteiger partial charge in [-0.2, -0.15) is 5.26 Å². The highest BCUT2D eigenvalue weighted by Gasteiger charge is 2.43. The third kappa shape index (κ3) is 2.32. The van der Waals surface area contributed by atoms with E-state index < -0.39 is 5.54 Å². The van der Waals surface area contributed by atoms with Crippen molar-refractivity contribution < 1.29 is 4.74 Å². The number of likely N-dealkylation sites (tertiary alicyclic amines) is 1. The Kier molecular flexibility index (Phi) is 3.91. The Bertz CT molecular complexity index is 555. The molecule has 1 unspecified atom stereocenters. The van der Waals surface area contributed by atoms with Crippen LogP contribution >= 0.6 is 0 Å². The van der Waals surface area contributed by atoms with Crippen molar-refractivity contribution in [3.05, 3.63) is 29.3 Å². The summed E-state index contributed by atoms with van der Waals surface area (Å²) >= 11 is 0. The molecular weight excluding hydrogens is 260 g/mol. The van der Waals surface area contributed by atoms with Gasteiger partial charge in [-0.05, 0) is 37.2 Å². The average molecular weight is 284 g/mol. The number of hydrogen-bond acceptors (Lipinski definition) is 3. The van der Waals surface area contributed by atoms with Crippen molar-refractivity contribution in [2.45, 2.75) is 51.0 Å². The molecule has 2 aliphatic heterocycles. The minimum Gasteiger partial charge on any atom is -0.493 e. The monoisotopic (exact) mass is 284 g/mol. The van der Waals surface area contributed by atoms with Gasteiger partial charge in [0.25, 0.3) is 0 Å². The lowest BCUT2D eigenvalue weighted by molar-refractivity contribution is 0.162. The largest absolute Gasteiger partial charge is 0.493 e. The number of nitriles is 1. The second kappa shape index (κ2) is 5.69. The molecule has 3 heteroatoms. The minimum absolute atomic E-state index is 0.410. The van der Waals surface area contributed by atoms with Gasteiger partial charge in [-0.1, -0.05) is 32.0 Å². The maximum atomic E-state index is 10.1. The van der Waals surface area contributed by atoms with E-state index in [9.17, 15) is 5.26 Å². The van der Waals surface area contributed by atoms with Crippen LogP contribution in [0.4, 0.5) is 0 Å². The van der Waals surface area contributed by atoms with Crippen LogP contribution in [0.25, 0.3) is 0 Å². The summed E-state index contributed by atoms with van der Waals surface area (Å²) in [6, 6.07) is 9.00. The molecule has 0 radical (unpaired) electrons. The number of para-hydroxylation sites is 1. The van der Waals surface area contributed by atoms with Gasteiger partial charge >= 0.3 is 0 Å². The number of fused-ring (bicyclic) bond motifs is 1. The first kappa shape index (κ1) is 14.4. The summed E-state index contributed by atoms with van der Waals surface area (Å²) < 4.78 is 6.08. The molecule has 0 bridgehead atoms. The summed E-state index contributed by atoms with van der Waals surface area (Å²) in [5.74, 6) is 1.38. The van der Waals surface area contributed by atoms with Gasteiger partial charge < -0.3 is 4.74 Å². The van der Waals surface area contributed by atoms with Crippen LogP contribution in [0.3, 0.4) is 0 Å². The second-order valence-electron chi connectivity index (χ2n) is 6.50. The Morgan fingerprint density at radius 3 is 2.67 bits per heavy atom. The molecule has 2 aliphatic rings. The molecule has 3 nitrogen and oxygen atoms in total. The molecule has 0 aromatic heterocycles. The highest BCUT2D eigenvalue weighted by atomic mass is 16.5. The number of nitrogens with zero attached hydrogens (tertiary/aromatic N) is 2. The Morgan fingerprint density at radius 1 is 1.24 bits per heavy atom. The first-order chi connectivity index (χ1) is 10.2. The van der Waals surface area contributed by atoms with Crippen LogP contribution < -0.4 is 4.74 Å². The van der Waals surface area contributed by atoms with Gasteiger partial charge in [0.05, 0.1) is 12.7 Å². The molecular formula is C18H24N2O. The zero-order chi connectivity index (χ0) is 14.9. The molecule has 21 heavy (non-hydrogen) atoms. The third-order valence-corrected chi connectivity index (χ3v) is 4.87. The van der Waals surface area contributed by atoms with Crippen LogP contribution in [0.2, 0.25) is 0 Å². The Labute approximate surface area is 127 Å². The molecule has 0 amide bonds. The maximum absolute atomic E-state index is 10.1. The normalized spacial score (nSPS) is 26.0. The Balaban J connectivity index is 2.16. The van der Waals surface area contributed by atoms with E-state index in [1.165, 1.54) is 18.4 Å². The number of ether oxygens (including phenoxy) is 1. The highest BCUT2D eigenvalue weighted by molar-refractivity contribution is 5.50. The first-order valence-electron chi connectivity index (χ1n) is 8.11. The zero-order valence-electron chi connectivity index (χ0n) is 13.1. The maximum Gasteiger partial charge on any atom is 0.138 e. The van der Waals surface area contributed by atoms with Crippen LogP contribution in [0, 0.1) is 11.3 Å². The molecule has 1 atom stereocenters.